The van der Waals surface area contributed by atoms with Gasteiger partial charge in [-0.3, -0.25) is 9.69 Å². The van der Waals surface area contributed by atoms with Crippen molar-refractivity contribution < 1.29 is 4.79 Å². The van der Waals surface area contributed by atoms with E-state index in [2.05, 4.69) is 29.4 Å². The van der Waals surface area contributed by atoms with E-state index in [9.17, 15) is 4.79 Å². The Balaban J connectivity index is 1.59. The lowest BCUT2D eigenvalue weighted by molar-refractivity contribution is -0.123. The van der Waals surface area contributed by atoms with Crippen LogP contribution in [0.15, 0.2) is 0 Å². The number of likely N-dealkylation sites (tertiary alicyclic amines) is 1. The molecular formula is C16H31N3O. The molecule has 0 aromatic carbocycles. The molecule has 0 aromatic rings. The quantitative estimate of drug-likeness (QED) is 0.712. The van der Waals surface area contributed by atoms with E-state index in [-0.39, 0.29) is 5.91 Å². The molecule has 116 valence electrons. The molecule has 1 amide bonds. The fraction of sp³-hybridized carbons (Fsp3) is 0.938. The van der Waals surface area contributed by atoms with Crippen molar-refractivity contribution in [3.8, 4) is 0 Å². The summed E-state index contributed by atoms with van der Waals surface area (Å²) in [5.74, 6) is 1.15. The van der Waals surface area contributed by atoms with Crippen LogP contribution in [0.2, 0.25) is 0 Å². The molecule has 0 atom stereocenters. The maximum absolute atomic E-state index is 12.0. The first-order valence-corrected chi connectivity index (χ1v) is 8.46. The van der Waals surface area contributed by atoms with E-state index < -0.39 is 0 Å². The van der Waals surface area contributed by atoms with Crippen LogP contribution in [-0.4, -0.2) is 49.1 Å². The third-order valence-corrected chi connectivity index (χ3v) is 4.70. The van der Waals surface area contributed by atoms with Gasteiger partial charge in [0, 0.05) is 25.2 Å². The minimum Gasteiger partial charge on any atom is -0.352 e. The number of piperidine rings is 1. The molecule has 0 aromatic heterocycles. The Kier molecular flexibility index (Phi) is 6.30. The Hall–Kier alpha value is -0.610. The molecule has 2 aliphatic rings. The van der Waals surface area contributed by atoms with E-state index in [0.717, 1.165) is 31.8 Å². The zero-order valence-corrected chi connectivity index (χ0v) is 13.2. The van der Waals surface area contributed by atoms with Crippen molar-refractivity contribution in [1.82, 2.24) is 15.5 Å². The molecule has 20 heavy (non-hydrogen) atoms. The lowest BCUT2D eigenvalue weighted by Gasteiger charge is -2.32. The van der Waals surface area contributed by atoms with Crippen molar-refractivity contribution in [2.45, 2.75) is 64.5 Å². The summed E-state index contributed by atoms with van der Waals surface area (Å²) in [6.07, 6.45) is 7.25. The number of amides is 1. The molecule has 0 spiro atoms. The first-order chi connectivity index (χ1) is 9.71. The molecule has 2 fully saturated rings. The highest BCUT2D eigenvalue weighted by molar-refractivity contribution is 5.78. The molecule has 2 N–H and O–H groups in total. The van der Waals surface area contributed by atoms with Gasteiger partial charge in [-0.1, -0.05) is 13.8 Å². The summed E-state index contributed by atoms with van der Waals surface area (Å²) >= 11 is 0. The Bertz CT molecular complexity index is 292. The summed E-state index contributed by atoms with van der Waals surface area (Å²) < 4.78 is 0. The molecule has 0 unspecified atom stereocenters. The second-order valence-electron chi connectivity index (χ2n) is 6.48. The van der Waals surface area contributed by atoms with E-state index in [1.54, 1.807) is 0 Å². The van der Waals surface area contributed by atoms with Gasteiger partial charge in [-0.2, -0.15) is 0 Å². The zero-order valence-electron chi connectivity index (χ0n) is 13.2. The number of carbonyl (C=O) groups excluding carboxylic acids is 1. The average molecular weight is 281 g/mol. The molecule has 1 heterocycles. The second kappa shape index (κ2) is 7.99. The Morgan fingerprint density at radius 1 is 1.15 bits per heavy atom. The fourth-order valence-corrected chi connectivity index (χ4v) is 2.92. The minimum atomic E-state index is 0.197. The SMILES string of the molecule is CCC(CC)NC(=O)CN1CCC(NCC2CC2)CC1. The van der Waals surface area contributed by atoms with Crippen LogP contribution >= 0.6 is 0 Å². The highest BCUT2D eigenvalue weighted by Gasteiger charge is 2.25. The molecular weight excluding hydrogens is 250 g/mol. The third kappa shape index (κ3) is 5.41. The van der Waals surface area contributed by atoms with Crippen LogP contribution in [0.25, 0.3) is 0 Å². The third-order valence-electron chi connectivity index (χ3n) is 4.70. The molecule has 1 aliphatic heterocycles. The summed E-state index contributed by atoms with van der Waals surface area (Å²) in [5, 5.41) is 6.81. The largest absolute Gasteiger partial charge is 0.352 e. The molecule has 1 saturated carbocycles. The lowest BCUT2D eigenvalue weighted by Crippen LogP contribution is -2.47. The van der Waals surface area contributed by atoms with Crippen LogP contribution in [0.4, 0.5) is 0 Å². The van der Waals surface area contributed by atoms with Crippen molar-refractivity contribution >= 4 is 5.91 Å². The van der Waals surface area contributed by atoms with Crippen LogP contribution < -0.4 is 10.6 Å². The van der Waals surface area contributed by atoms with Gasteiger partial charge >= 0.3 is 0 Å². The number of carbonyl (C=O) groups is 1. The van der Waals surface area contributed by atoms with Gasteiger partial charge in [-0.05, 0) is 51.0 Å². The molecule has 0 bridgehead atoms. The van der Waals surface area contributed by atoms with Gasteiger partial charge in [0.2, 0.25) is 5.91 Å². The molecule has 4 heteroatoms. The van der Waals surface area contributed by atoms with Gasteiger partial charge in [0.1, 0.15) is 0 Å². The standard InChI is InChI=1S/C16H31N3O/c1-3-14(4-2)18-16(20)12-19-9-7-15(8-10-19)17-11-13-5-6-13/h13-15,17H,3-12H2,1-2H3,(H,18,20). The summed E-state index contributed by atoms with van der Waals surface area (Å²) in [5.41, 5.74) is 0. The average Bonchev–Trinajstić information content (AvgIpc) is 3.28. The van der Waals surface area contributed by atoms with Gasteiger partial charge in [0.05, 0.1) is 6.54 Å². The van der Waals surface area contributed by atoms with Crippen molar-refractivity contribution in [3.63, 3.8) is 0 Å². The fourth-order valence-electron chi connectivity index (χ4n) is 2.92. The van der Waals surface area contributed by atoms with Crippen molar-refractivity contribution in [1.29, 1.82) is 0 Å². The first-order valence-electron chi connectivity index (χ1n) is 8.46. The number of hydrogen-bond acceptors (Lipinski definition) is 3. The smallest absolute Gasteiger partial charge is 0.234 e. The van der Waals surface area contributed by atoms with Gasteiger partial charge in [0.25, 0.3) is 0 Å². The van der Waals surface area contributed by atoms with Crippen molar-refractivity contribution in [2.75, 3.05) is 26.2 Å². The Morgan fingerprint density at radius 2 is 1.80 bits per heavy atom. The van der Waals surface area contributed by atoms with Gasteiger partial charge in [-0.25, -0.2) is 0 Å². The maximum Gasteiger partial charge on any atom is 0.234 e. The predicted molar refractivity (Wildman–Crippen MR) is 82.7 cm³/mol. The van der Waals surface area contributed by atoms with E-state index in [4.69, 9.17) is 0 Å². The lowest BCUT2D eigenvalue weighted by atomic mass is 10.0. The van der Waals surface area contributed by atoms with Crippen LogP contribution in [-0.2, 0) is 4.79 Å². The van der Waals surface area contributed by atoms with E-state index in [1.807, 2.05) is 0 Å². The van der Waals surface area contributed by atoms with E-state index in [0.29, 0.717) is 18.6 Å². The maximum atomic E-state index is 12.0. The zero-order chi connectivity index (χ0) is 14.4. The van der Waals surface area contributed by atoms with Crippen LogP contribution in [0.5, 0.6) is 0 Å². The molecule has 2 rings (SSSR count). The summed E-state index contributed by atoms with van der Waals surface area (Å²) in [6.45, 7) is 8.15. The highest BCUT2D eigenvalue weighted by atomic mass is 16.2. The molecule has 1 saturated heterocycles. The number of nitrogens with one attached hydrogen (secondary N) is 2. The number of hydrogen-bond donors (Lipinski definition) is 2. The van der Waals surface area contributed by atoms with Crippen LogP contribution in [0.1, 0.15) is 52.4 Å². The van der Waals surface area contributed by atoms with Crippen molar-refractivity contribution in [2.24, 2.45) is 5.92 Å². The first kappa shape index (κ1) is 15.8. The summed E-state index contributed by atoms with van der Waals surface area (Å²) in [7, 11) is 0. The normalized spacial score (nSPS) is 21.4. The van der Waals surface area contributed by atoms with Crippen LogP contribution in [0, 0.1) is 5.92 Å². The van der Waals surface area contributed by atoms with Gasteiger partial charge in [0.15, 0.2) is 0 Å². The molecule has 1 aliphatic carbocycles. The second-order valence-corrected chi connectivity index (χ2v) is 6.48. The van der Waals surface area contributed by atoms with E-state index >= 15 is 0 Å². The highest BCUT2D eigenvalue weighted by Crippen LogP contribution is 2.28. The van der Waals surface area contributed by atoms with E-state index in [1.165, 1.54) is 32.2 Å². The Morgan fingerprint density at radius 3 is 2.35 bits per heavy atom. The van der Waals surface area contributed by atoms with Gasteiger partial charge < -0.3 is 10.6 Å². The predicted octanol–water partition coefficient (Wildman–Crippen LogP) is 1.76. The summed E-state index contributed by atoms with van der Waals surface area (Å²) in [4.78, 5) is 14.3. The molecule has 4 nitrogen and oxygen atoms in total. The van der Waals surface area contributed by atoms with Crippen LogP contribution in [0.3, 0.4) is 0 Å². The topological polar surface area (TPSA) is 44.4 Å². The Labute approximate surface area is 123 Å². The van der Waals surface area contributed by atoms with Crippen molar-refractivity contribution in [3.05, 3.63) is 0 Å². The number of nitrogens with zero attached hydrogens (tertiary/aromatic N) is 1. The number of rotatable bonds is 8. The molecule has 0 radical (unpaired) electrons. The minimum absolute atomic E-state index is 0.197. The van der Waals surface area contributed by atoms with Gasteiger partial charge in [-0.15, -0.1) is 0 Å². The summed E-state index contributed by atoms with van der Waals surface area (Å²) in [6, 6.07) is 1.02. The monoisotopic (exact) mass is 281 g/mol.